The number of nitrogens with zero attached hydrogens (tertiary/aromatic N) is 2. The number of nitrogens with two attached hydrogens (primary N) is 1. The number of hydrogen-bond donors (Lipinski definition) is 1. The molecule has 2 heterocycles. The summed E-state index contributed by atoms with van der Waals surface area (Å²) in [5, 5.41) is 0. The van der Waals surface area contributed by atoms with E-state index in [0.717, 1.165) is 17.8 Å². The number of rotatable bonds is 5. The summed E-state index contributed by atoms with van der Waals surface area (Å²) < 4.78 is 0. The van der Waals surface area contributed by atoms with E-state index in [9.17, 15) is 9.59 Å². The largest absolute Gasteiger partial charge is 0.365 e. The van der Waals surface area contributed by atoms with Gasteiger partial charge >= 0.3 is 0 Å². The number of fused-ring (bicyclic) bond motifs is 1. The summed E-state index contributed by atoms with van der Waals surface area (Å²) in [7, 11) is 0. The van der Waals surface area contributed by atoms with Crippen molar-refractivity contribution in [1.82, 2.24) is 9.80 Å². The van der Waals surface area contributed by atoms with Gasteiger partial charge in [0.2, 0.25) is 0 Å². The fraction of sp³-hybridized carbons (Fsp3) is 0.500. The highest BCUT2D eigenvalue weighted by Crippen LogP contribution is 2.38. The van der Waals surface area contributed by atoms with Crippen LogP contribution in [0, 0.1) is 0 Å². The fourth-order valence-electron chi connectivity index (χ4n) is 2.86. The number of carbonyl (C=O) groups excluding carboxylic acids is 2. The molecular weight excluding hydrogens is 314 g/mol. The van der Waals surface area contributed by atoms with Crippen LogP contribution in [0.2, 0.25) is 0 Å². The van der Waals surface area contributed by atoms with E-state index in [1.165, 1.54) is 0 Å². The van der Waals surface area contributed by atoms with Gasteiger partial charge in [-0.2, -0.15) is 0 Å². The van der Waals surface area contributed by atoms with E-state index >= 15 is 0 Å². The summed E-state index contributed by atoms with van der Waals surface area (Å²) in [6.45, 7) is 17.1. The Labute approximate surface area is 152 Å². The van der Waals surface area contributed by atoms with Crippen molar-refractivity contribution in [3.63, 3.8) is 0 Å². The first-order valence-corrected chi connectivity index (χ1v) is 9.18. The van der Waals surface area contributed by atoms with E-state index < -0.39 is 5.91 Å². The molecule has 0 bridgehead atoms. The minimum atomic E-state index is -0.661. The molecule has 5 nitrogen and oxygen atoms in total. The minimum absolute atomic E-state index is 0.105. The zero-order valence-corrected chi connectivity index (χ0v) is 16.6. The predicted octanol–water partition coefficient (Wildman–Crippen LogP) is 3.71. The molecule has 2 N–H and O–H groups in total. The van der Waals surface area contributed by atoms with Crippen LogP contribution in [-0.2, 0) is 9.59 Å². The maximum Gasteiger partial charge on any atom is 0.256 e. The number of ketones is 1. The van der Waals surface area contributed by atoms with Crippen LogP contribution >= 0.6 is 0 Å². The van der Waals surface area contributed by atoms with E-state index in [2.05, 4.69) is 6.58 Å². The van der Waals surface area contributed by atoms with Crippen molar-refractivity contribution in [2.45, 2.75) is 54.4 Å². The molecule has 0 atom stereocenters. The maximum absolute atomic E-state index is 12.1. The van der Waals surface area contributed by atoms with Crippen molar-refractivity contribution >= 4 is 11.7 Å². The van der Waals surface area contributed by atoms with Gasteiger partial charge in [0.05, 0.1) is 11.4 Å². The second kappa shape index (κ2) is 11.3. The van der Waals surface area contributed by atoms with Gasteiger partial charge in [0, 0.05) is 19.5 Å². The van der Waals surface area contributed by atoms with Crippen LogP contribution in [0.15, 0.2) is 47.6 Å². The highest BCUT2D eigenvalue weighted by molar-refractivity contribution is 6.19. The summed E-state index contributed by atoms with van der Waals surface area (Å²) in [6.07, 6.45) is 6.86. The molecule has 0 fully saturated rings. The molecule has 2 aliphatic rings. The second-order valence-electron chi connectivity index (χ2n) is 5.01. The lowest BCUT2D eigenvalue weighted by atomic mass is 10.0. The van der Waals surface area contributed by atoms with Gasteiger partial charge in [0.15, 0.2) is 5.78 Å². The molecule has 0 spiro atoms. The lowest BCUT2D eigenvalue weighted by Crippen LogP contribution is -2.39. The number of amides is 1. The molecule has 0 aromatic heterocycles. The topological polar surface area (TPSA) is 66.6 Å². The van der Waals surface area contributed by atoms with Crippen molar-refractivity contribution in [3.8, 4) is 0 Å². The van der Waals surface area contributed by atoms with Gasteiger partial charge in [-0.15, -0.1) is 0 Å². The Hall–Kier alpha value is -2.30. The Morgan fingerprint density at radius 1 is 1.24 bits per heavy atom. The van der Waals surface area contributed by atoms with Crippen LogP contribution in [0.4, 0.5) is 0 Å². The average Bonchev–Trinajstić information content (AvgIpc) is 2.91. The maximum atomic E-state index is 12.1. The lowest BCUT2D eigenvalue weighted by molar-refractivity contribution is -0.122. The quantitative estimate of drug-likeness (QED) is 0.770. The van der Waals surface area contributed by atoms with Crippen LogP contribution in [0.3, 0.4) is 0 Å². The molecule has 0 aromatic rings. The van der Waals surface area contributed by atoms with E-state index in [0.29, 0.717) is 25.3 Å². The Bertz CT molecular complexity index is 586. The minimum Gasteiger partial charge on any atom is -0.365 e. The highest BCUT2D eigenvalue weighted by Gasteiger charge is 2.39. The molecule has 0 saturated heterocycles. The van der Waals surface area contributed by atoms with E-state index in [1.54, 1.807) is 6.08 Å². The highest BCUT2D eigenvalue weighted by atomic mass is 16.2. The molecule has 0 aromatic carbocycles. The normalized spacial score (nSPS) is 16.3. The number of primary amides is 1. The molecule has 2 aliphatic heterocycles. The number of carbonyl (C=O) groups is 2. The van der Waals surface area contributed by atoms with Crippen LogP contribution in [0.25, 0.3) is 0 Å². The second-order valence-corrected chi connectivity index (χ2v) is 5.01. The molecule has 0 radical (unpaired) electrons. The van der Waals surface area contributed by atoms with Crippen molar-refractivity contribution < 1.29 is 9.59 Å². The third-order valence-corrected chi connectivity index (χ3v) is 3.63. The Morgan fingerprint density at radius 3 is 2.28 bits per heavy atom. The lowest BCUT2D eigenvalue weighted by Gasteiger charge is -2.31. The summed E-state index contributed by atoms with van der Waals surface area (Å²) >= 11 is 0. The van der Waals surface area contributed by atoms with Gasteiger partial charge in [-0.3, -0.25) is 9.59 Å². The van der Waals surface area contributed by atoms with Crippen molar-refractivity contribution in [1.29, 1.82) is 0 Å². The van der Waals surface area contributed by atoms with Crippen LogP contribution < -0.4 is 5.73 Å². The van der Waals surface area contributed by atoms with E-state index in [-0.39, 0.29) is 11.4 Å². The van der Waals surface area contributed by atoms with Gasteiger partial charge in [-0.25, -0.2) is 0 Å². The van der Waals surface area contributed by atoms with Gasteiger partial charge in [0.25, 0.3) is 5.91 Å². The SMILES string of the molecule is C=CC1=C(/C=C\C)N2CCC(=O)C(C(N)=O)=C2N1CCC.CC.CC. The first-order chi connectivity index (χ1) is 12.1. The van der Waals surface area contributed by atoms with Crippen LogP contribution in [0.5, 0.6) is 0 Å². The Balaban J connectivity index is 0.00000134. The fourth-order valence-corrected chi connectivity index (χ4v) is 2.86. The Morgan fingerprint density at radius 2 is 1.84 bits per heavy atom. The smallest absolute Gasteiger partial charge is 0.256 e. The molecule has 25 heavy (non-hydrogen) atoms. The Kier molecular flexibility index (Phi) is 10.2. The molecule has 140 valence electrons. The molecule has 5 heteroatoms. The number of hydrogen-bond acceptors (Lipinski definition) is 4. The van der Waals surface area contributed by atoms with Crippen LogP contribution in [-0.4, -0.2) is 34.6 Å². The first kappa shape index (κ1) is 22.7. The average molecular weight is 348 g/mol. The zero-order chi connectivity index (χ0) is 19.6. The molecule has 0 aliphatic carbocycles. The number of allylic oxidation sites excluding steroid dienone is 3. The van der Waals surface area contributed by atoms with Gasteiger partial charge < -0.3 is 15.5 Å². The van der Waals surface area contributed by atoms with E-state index in [4.69, 9.17) is 5.73 Å². The molecule has 0 unspecified atom stereocenters. The first-order valence-electron chi connectivity index (χ1n) is 9.18. The summed E-state index contributed by atoms with van der Waals surface area (Å²) in [6, 6.07) is 0. The summed E-state index contributed by atoms with van der Waals surface area (Å²) in [5.41, 5.74) is 7.43. The monoisotopic (exact) mass is 347 g/mol. The van der Waals surface area contributed by atoms with Crippen LogP contribution in [0.1, 0.15) is 54.4 Å². The standard InChI is InChI=1S/C16H21N3O2.2C2H6/c1-4-7-12-11(6-3)18(9-5-2)16-14(15(17)21)13(20)8-10-19(12)16;2*1-2/h4,6-7H,3,5,8-10H2,1-2H3,(H2,17,21);2*1-2H3/b7-4-;;. The third-order valence-electron chi connectivity index (χ3n) is 3.63. The van der Waals surface area contributed by atoms with Gasteiger partial charge in [-0.05, 0) is 25.5 Å². The number of Topliss-reactive ketones (excluding diaryl/α,β-unsaturated/α-hetero) is 1. The summed E-state index contributed by atoms with van der Waals surface area (Å²) in [4.78, 5) is 27.8. The summed E-state index contributed by atoms with van der Waals surface area (Å²) in [5.74, 6) is -0.227. The van der Waals surface area contributed by atoms with E-state index in [1.807, 2.05) is 63.5 Å². The van der Waals surface area contributed by atoms with Crippen molar-refractivity contribution in [2.24, 2.45) is 5.73 Å². The van der Waals surface area contributed by atoms with Gasteiger partial charge in [0.1, 0.15) is 11.4 Å². The van der Waals surface area contributed by atoms with Gasteiger partial charge in [-0.1, -0.05) is 47.3 Å². The zero-order valence-electron chi connectivity index (χ0n) is 16.6. The molecule has 0 saturated carbocycles. The predicted molar refractivity (Wildman–Crippen MR) is 104 cm³/mol. The van der Waals surface area contributed by atoms with Crippen molar-refractivity contribution in [3.05, 3.63) is 47.6 Å². The third kappa shape index (κ3) is 4.62. The molecule has 2 rings (SSSR count). The van der Waals surface area contributed by atoms with Crippen molar-refractivity contribution in [2.75, 3.05) is 13.1 Å². The molecule has 1 amide bonds. The molecular formula is C20H33N3O2.